The highest BCUT2D eigenvalue weighted by Crippen LogP contribution is 2.33. The standard InChI is InChI=1S/C15H22N2O4/c1-2-16-10-12-5-6-13(17(19)20)14(9-12)21-11-15(18)7-3-4-8-15/h5-6,9,16,18H,2-4,7-8,10-11H2,1H3. The van der Waals surface area contributed by atoms with Gasteiger partial charge in [0.05, 0.1) is 10.5 Å². The number of rotatable bonds is 7. The fourth-order valence-electron chi connectivity index (χ4n) is 2.59. The lowest BCUT2D eigenvalue weighted by atomic mass is 10.0. The van der Waals surface area contributed by atoms with Gasteiger partial charge in [-0.3, -0.25) is 10.1 Å². The number of nitrogens with one attached hydrogen (secondary N) is 1. The van der Waals surface area contributed by atoms with Gasteiger partial charge in [-0.15, -0.1) is 0 Å². The summed E-state index contributed by atoms with van der Waals surface area (Å²) in [6.45, 7) is 3.57. The van der Waals surface area contributed by atoms with Crippen LogP contribution < -0.4 is 10.1 Å². The van der Waals surface area contributed by atoms with Gasteiger partial charge in [-0.1, -0.05) is 25.8 Å². The molecule has 0 atom stereocenters. The van der Waals surface area contributed by atoms with Crippen LogP contribution in [0.2, 0.25) is 0 Å². The number of nitrogens with zero attached hydrogens (tertiary/aromatic N) is 1. The first-order valence-electron chi connectivity index (χ1n) is 7.37. The molecule has 1 fully saturated rings. The Kier molecular flexibility index (Phi) is 5.14. The van der Waals surface area contributed by atoms with Crippen molar-refractivity contribution < 1.29 is 14.8 Å². The van der Waals surface area contributed by atoms with Crippen LogP contribution in [-0.4, -0.2) is 28.8 Å². The van der Waals surface area contributed by atoms with E-state index in [9.17, 15) is 15.2 Å². The quantitative estimate of drug-likeness (QED) is 0.596. The Bertz CT molecular complexity index is 498. The van der Waals surface area contributed by atoms with Crippen LogP contribution in [0.5, 0.6) is 5.75 Å². The maximum Gasteiger partial charge on any atom is 0.310 e. The van der Waals surface area contributed by atoms with Crippen LogP contribution in [0.1, 0.15) is 38.2 Å². The van der Waals surface area contributed by atoms with Crippen molar-refractivity contribution in [3.8, 4) is 5.75 Å². The van der Waals surface area contributed by atoms with E-state index in [4.69, 9.17) is 4.74 Å². The number of aliphatic hydroxyl groups is 1. The average molecular weight is 294 g/mol. The summed E-state index contributed by atoms with van der Waals surface area (Å²) in [4.78, 5) is 10.6. The van der Waals surface area contributed by atoms with Crippen molar-refractivity contribution in [1.82, 2.24) is 5.32 Å². The molecule has 1 aliphatic rings. The van der Waals surface area contributed by atoms with Crippen LogP contribution in [0.3, 0.4) is 0 Å². The first-order chi connectivity index (χ1) is 10.0. The number of hydrogen-bond acceptors (Lipinski definition) is 5. The predicted octanol–water partition coefficient (Wildman–Crippen LogP) is 2.39. The summed E-state index contributed by atoms with van der Waals surface area (Å²) >= 11 is 0. The highest BCUT2D eigenvalue weighted by Gasteiger charge is 2.32. The number of nitro benzene ring substituents is 1. The zero-order chi connectivity index (χ0) is 15.3. The normalized spacial score (nSPS) is 16.9. The van der Waals surface area contributed by atoms with E-state index in [2.05, 4.69) is 5.32 Å². The molecule has 1 aliphatic carbocycles. The molecule has 6 nitrogen and oxygen atoms in total. The molecule has 1 saturated carbocycles. The summed E-state index contributed by atoms with van der Waals surface area (Å²) in [5, 5.41) is 24.5. The Morgan fingerprint density at radius 2 is 2.14 bits per heavy atom. The molecule has 1 aromatic carbocycles. The van der Waals surface area contributed by atoms with Gasteiger partial charge in [-0.05, 0) is 31.0 Å². The van der Waals surface area contributed by atoms with Crippen LogP contribution in [0.25, 0.3) is 0 Å². The molecule has 0 spiro atoms. The largest absolute Gasteiger partial charge is 0.484 e. The van der Waals surface area contributed by atoms with Crippen molar-refractivity contribution >= 4 is 5.69 Å². The van der Waals surface area contributed by atoms with E-state index in [0.717, 1.165) is 24.9 Å². The topological polar surface area (TPSA) is 84.6 Å². The van der Waals surface area contributed by atoms with Gasteiger partial charge < -0.3 is 15.2 Å². The highest BCUT2D eigenvalue weighted by atomic mass is 16.6. The third-order valence-electron chi connectivity index (χ3n) is 3.83. The molecule has 2 N–H and O–H groups in total. The Morgan fingerprint density at radius 3 is 2.76 bits per heavy atom. The lowest BCUT2D eigenvalue weighted by Gasteiger charge is -2.22. The molecule has 1 aromatic rings. The second-order valence-corrected chi connectivity index (χ2v) is 5.56. The smallest absolute Gasteiger partial charge is 0.310 e. The van der Waals surface area contributed by atoms with Crippen molar-refractivity contribution in [3.05, 3.63) is 33.9 Å². The molecular weight excluding hydrogens is 272 g/mol. The number of hydrogen-bond donors (Lipinski definition) is 2. The fraction of sp³-hybridized carbons (Fsp3) is 0.600. The van der Waals surface area contributed by atoms with Gasteiger partial charge in [0.15, 0.2) is 5.75 Å². The predicted molar refractivity (Wildman–Crippen MR) is 79.4 cm³/mol. The monoisotopic (exact) mass is 294 g/mol. The lowest BCUT2D eigenvalue weighted by Crippen LogP contribution is -2.32. The molecule has 0 aliphatic heterocycles. The average Bonchev–Trinajstić information content (AvgIpc) is 2.90. The minimum atomic E-state index is -0.842. The zero-order valence-electron chi connectivity index (χ0n) is 12.3. The Balaban J connectivity index is 2.11. The van der Waals surface area contributed by atoms with Crippen molar-refractivity contribution in [2.45, 2.75) is 44.8 Å². The van der Waals surface area contributed by atoms with Gasteiger partial charge >= 0.3 is 5.69 Å². The molecule has 0 radical (unpaired) electrons. The van der Waals surface area contributed by atoms with E-state index < -0.39 is 10.5 Å². The molecule has 0 aromatic heterocycles. The zero-order valence-corrected chi connectivity index (χ0v) is 12.3. The SMILES string of the molecule is CCNCc1ccc([N+](=O)[O-])c(OCC2(O)CCCC2)c1. The third kappa shape index (κ3) is 4.15. The van der Waals surface area contributed by atoms with Gasteiger partial charge in [0.2, 0.25) is 0 Å². The van der Waals surface area contributed by atoms with Crippen LogP contribution in [0.15, 0.2) is 18.2 Å². The highest BCUT2D eigenvalue weighted by molar-refractivity contribution is 5.48. The van der Waals surface area contributed by atoms with Crippen LogP contribution in [-0.2, 0) is 6.54 Å². The second kappa shape index (κ2) is 6.87. The van der Waals surface area contributed by atoms with E-state index in [-0.39, 0.29) is 18.0 Å². The van der Waals surface area contributed by atoms with Crippen molar-refractivity contribution in [3.63, 3.8) is 0 Å². The maximum atomic E-state index is 11.1. The molecule has 21 heavy (non-hydrogen) atoms. The summed E-state index contributed by atoms with van der Waals surface area (Å²) in [7, 11) is 0. The summed E-state index contributed by atoms with van der Waals surface area (Å²) < 4.78 is 5.59. The van der Waals surface area contributed by atoms with Gasteiger partial charge in [0, 0.05) is 12.6 Å². The minimum Gasteiger partial charge on any atom is -0.484 e. The van der Waals surface area contributed by atoms with Crippen LogP contribution in [0.4, 0.5) is 5.69 Å². The summed E-state index contributed by atoms with van der Waals surface area (Å²) in [6, 6.07) is 4.86. The maximum absolute atomic E-state index is 11.1. The Morgan fingerprint density at radius 1 is 1.43 bits per heavy atom. The van der Waals surface area contributed by atoms with Gasteiger partial charge in [-0.25, -0.2) is 0 Å². The molecule has 116 valence electrons. The van der Waals surface area contributed by atoms with Gasteiger partial charge in [0.1, 0.15) is 6.61 Å². The molecule has 0 bridgehead atoms. The number of nitro groups is 1. The number of ether oxygens (including phenoxy) is 1. The van der Waals surface area contributed by atoms with E-state index in [1.807, 2.05) is 6.92 Å². The number of benzene rings is 1. The Labute approximate surface area is 124 Å². The summed E-state index contributed by atoms with van der Waals surface area (Å²) in [5.41, 5.74) is 0.0265. The molecular formula is C15H22N2O4. The lowest BCUT2D eigenvalue weighted by molar-refractivity contribution is -0.386. The fourth-order valence-corrected chi connectivity index (χ4v) is 2.59. The van der Waals surface area contributed by atoms with Crippen molar-refractivity contribution in [2.75, 3.05) is 13.2 Å². The Hall–Kier alpha value is -1.66. The summed E-state index contributed by atoms with van der Waals surface area (Å²) in [6.07, 6.45) is 3.33. The van der Waals surface area contributed by atoms with E-state index >= 15 is 0 Å². The van der Waals surface area contributed by atoms with Crippen molar-refractivity contribution in [1.29, 1.82) is 0 Å². The third-order valence-corrected chi connectivity index (χ3v) is 3.83. The van der Waals surface area contributed by atoms with E-state index in [0.29, 0.717) is 19.4 Å². The first-order valence-corrected chi connectivity index (χ1v) is 7.37. The van der Waals surface area contributed by atoms with Crippen LogP contribution in [0, 0.1) is 10.1 Å². The minimum absolute atomic E-state index is 0.0585. The summed E-state index contributed by atoms with van der Waals surface area (Å²) in [5.74, 6) is 0.232. The second-order valence-electron chi connectivity index (χ2n) is 5.56. The first kappa shape index (κ1) is 15.7. The van der Waals surface area contributed by atoms with Gasteiger partial charge in [0.25, 0.3) is 0 Å². The molecule has 0 amide bonds. The molecule has 0 saturated heterocycles. The van der Waals surface area contributed by atoms with E-state index in [1.165, 1.54) is 6.07 Å². The van der Waals surface area contributed by atoms with Crippen molar-refractivity contribution in [2.24, 2.45) is 0 Å². The molecule has 6 heteroatoms. The molecule has 0 unspecified atom stereocenters. The van der Waals surface area contributed by atoms with Gasteiger partial charge in [-0.2, -0.15) is 0 Å². The molecule has 0 heterocycles. The van der Waals surface area contributed by atoms with Crippen LogP contribution >= 0.6 is 0 Å². The molecule has 2 rings (SSSR count). The van der Waals surface area contributed by atoms with E-state index in [1.54, 1.807) is 12.1 Å².